The number of methoxy groups -OCH3 is 2. The van der Waals surface area contributed by atoms with Crippen molar-refractivity contribution < 1.29 is 31.9 Å². The Morgan fingerprint density at radius 1 is 1.00 bits per heavy atom. The fraction of sp³-hybridized carbons (Fsp3) is 0.300. The minimum absolute atomic E-state index is 0.00932. The Morgan fingerprint density at radius 3 is 2.14 bits per heavy atom. The highest BCUT2D eigenvalue weighted by atomic mass is 32.2. The number of hydrogen-bond donors (Lipinski definition) is 0. The molecule has 0 fully saturated rings. The number of fused-ring (bicyclic) bond motifs is 1. The zero-order valence-electron chi connectivity index (χ0n) is 16.2. The molecule has 29 heavy (non-hydrogen) atoms. The molecule has 3 rings (SSSR count). The Bertz CT molecular complexity index is 1060. The lowest BCUT2D eigenvalue weighted by atomic mass is 10.0. The summed E-state index contributed by atoms with van der Waals surface area (Å²) in [6.07, 6.45) is 1.06. The van der Waals surface area contributed by atoms with Gasteiger partial charge in [-0.05, 0) is 55.2 Å². The summed E-state index contributed by atoms with van der Waals surface area (Å²) in [5, 5.41) is 0. The zero-order chi connectivity index (χ0) is 21.3. The van der Waals surface area contributed by atoms with Crippen molar-refractivity contribution in [2.24, 2.45) is 0 Å². The van der Waals surface area contributed by atoms with Crippen molar-refractivity contribution in [3.63, 3.8) is 0 Å². The molecule has 2 aromatic carbocycles. The number of rotatable bonds is 4. The Morgan fingerprint density at radius 2 is 1.59 bits per heavy atom. The molecule has 0 aromatic heterocycles. The van der Waals surface area contributed by atoms with E-state index in [9.17, 15) is 22.4 Å². The van der Waals surface area contributed by atoms with Crippen LogP contribution in [0.15, 0.2) is 35.2 Å². The van der Waals surface area contributed by atoms with Crippen LogP contribution in [0.25, 0.3) is 0 Å². The normalized spacial score (nSPS) is 13.6. The Kier molecular flexibility index (Phi) is 5.61. The fourth-order valence-corrected chi connectivity index (χ4v) is 5.01. The van der Waals surface area contributed by atoms with Gasteiger partial charge in [0.05, 0.1) is 35.9 Å². The van der Waals surface area contributed by atoms with Crippen molar-refractivity contribution in [2.45, 2.75) is 24.7 Å². The van der Waals surface area contributed by atoms with E-state index in [-0.39, 0.29) is 28.3 Å². The number of anilines is 1. The number of carbonyl (C=O) groups is 2. The maximum absolute atomic E-state index is 14.7. The van der Waals surface area contributed by atoms with Crippen LogP contribution < -0.4 is 4.31 Å². The highest BCUT2D eigenvalue weighted by Gasteiger charge is 2.33. The lowest BCUT2D eigenvalue weighted by Gasteiger charge is -2.31. The minimum atomic E-state index is -4.26. The van der Waals surface area contributed by atoms with Crippen LogP contribution in [0.3, 0.4) is 0 Å². The predicted octanol–water partition coefficient (Wildman–Crippen LogP) is 2.85. The lowest BCUT2D eigenvalue weighted by molar-refractivity contribution is 0.0598. The van der Waals surface area contributed by atoms with Crippen LogP contribution in [0, 0.1) is 12.7 Å². The number of halogens is 1. The van der Waals surface area contributed by atoms with Crippen molar-refractivity contribution in [1.29, 1.82) is 0 Å². The molecule has 1 aliphatic heterocycles. The standard InChI is InChI=1S/C20H20FNO6S/c1-12-7-13-5-4-6-22(18(13)17(21)8-12)29(25,26)16-10-14(19(23)27-2)9-15(11-16)20(24)28-3/h7-11H,4-6H2,1-3H3. The Hall–Kier alpha value is -2.94. The maximum Gasteiger partial charge on any atom is 0.337 e. The third-order valence-corrected chi connectivity index (χ3v) is 6.46. The molecule has 154 valence electrons. The number of aryl methyl sites for hydroxylation is 2. The van der Waals surface area contributed by atoms with Gasteiger partial charge in [0.15, 0.2) is 0 Å². The van der Waals surface area contributed by atoms with Crippen LogP contribution in [-0.4, -0.2) is 41.1 Å². The molecule has 7 nitrogen and oxygen atoms in total. The van der Waals surface area contributed by atoms with Crippen molar-refractivity contribution in [3.8, 4) is 0 Å². The van der Waals surface area contributed by atoms with Gasteiger partial charge in [0.25, 0.3) is 10.0 Å². The summed E-state index contributed by atoms with van der Waals surface area (Å²) in [4.78, 5) is 23.6. The Balaban J connectivity index is 2.19. The van der Waals surface area contributed by atoms with E-state index >= 15 is 0 Å². The summed E-state index contributed by atoms with van der Waals surface area (Å²) >= 11 is 0. The van der Waals surface area contributed by atoms with Crippen molar-refractivity contribution in [1.82, 2.24) is 0 Å². The van der Waals surface area contributed by atoms with Crippen molar-refractivity contribution >= 4 is 27.6 Å². The van der Waals surface area contributed by atoms with Gasteiger partial charge in [-0.15, -0.1) is 0 Å². The van der Waals surface area contributed by atoms with Crippen LogP contribution in [0.5, 0.6) is 0 Å². The van der Waals surface area contributed by atoms with Gasteiger partial charge in [0, 0.05) is 6.54 Å². The van der Waals surface area contributed by atoms with E-state index in [2.05, 4.69) is 9.47 Å². The number of carbonyl (C=O) groups excluding carboxylic acids is 2. The van der Waals surface area contributed by atoms with Crippen molar-refractivity contribution in [3.05, 3.63) is 58.4 Å². The second kappa shape index (κ2) is 7.82. The topological polar surface area (TPSA) is 90.0 Å². The van der Waals surface area contributed by atoms with Gasteiger partial charge in [0.1, 0.15) is 5.82 Å². The van der Waals surface area contributed by atoms with E-state index < -0.39 is 27.8 Å². The van der Waals surface area contributed by atoms with Gasteiger partial charge in [-0.25, -0.2) is 22.4 Å². The largest absolute Gasteiger partial charge is 0.465 e. The van der Waals surface area contributed by atoms with Gasteiger partial charge in [-0.3, -0.25) is 4.31 Å². The molecule has 0 amide bonds. The average Bonchev–Trinajstić information content (AvgIpc) is 2.71. The average molecular weight is 421 g/mol. The first-order valence-electron chi connectivity index (χ1n) is 8.82. The fourth-order valence-electron chi connectivity index (χ4n) is 3.39. The lowest BCUT2D eigenvalue weighted by Crippen LogP contribution is -2.36. The van der Waals surface area contributed by atoms with E-state index in [4.69, 9.17) is 0 Å². The molecule has 0 bridgehead atoms. The van der Waals surface area contributed by atoms with Gasteiger partial charge in [0.2, 0.25) is 0 Å². The third kappa shape index (κ3) is 3.82. The number of hydrogen-bond acceptors (Lipinski definition) is 6. The molecule has 0 spiro atoms. The Labute approximate surface area is 168 Å². The van der Waals surface area contributed by atoms with E-state index in [0.717, 1.165) is 30.7 Å². The van der Waals surface area contributed by atoms with Gasteiger partial charge in [-0.2, -0.15) is 0 Å². The molecule has 0 radical (unpaired) electrons. The predicted molar refractivity (Wildman–Crippen MR) is 103 cm³/mol. The quantitative estimate of drug-likeness (QED) is 0.706. The molecule has 2 aromatic rings. The first-order chi connectivity index (χ1) is 13.7. The summed E-state index contributed by atoms with van der Waals surface area (Å²) < 4.78 is 51.7. The van der Waals surface area contributed by atoms with E-state index in [0.29, 0.717) is 24.0 Å². The van der Waals surface area contributed by atoms with Crippen LogP contribution in [0.1, 0.15) is 38.3 Å². The summed E-state index contributed by atoms with van der Waals surface area (Å²) in [7, 11) is -1.98. The molecule has 9 heteroatoms. The number of nitrogens with zero attached hydrogens (tertiary/aromatic N) is 1. The van der Waals surface area contributed by atoms with Crippen LogP contribution in [0.2, 0.25) is 0 Å². The number of sulfonamides is 1. The summed E-state index contributed by atoms with van der Waals surface area (Å²) in [6.45, 7) is 1.81. The third-order valence-electron chi connectivity index (χ3n) is 4.68. The van der Waals surface area contributed by atoms with Crippen LogP contribution >= 0.6 is 0 Å². The van der Waals surface area contributed by atoms with Gasteiger partial charge >= 0.3 is 11.9 Å². The summed E-state index contributed by atoms with van der Waals surface area (Å²) in [6, 6.07) is 6.43. The van der Waals surface area contributed by atoms with E-state index in [1.165, 1.54) is 12.1 Å². The first-order valence-corrected chi connectivity index (χ1v) is 10.3. The van der Waals surface area contributed by atoms with Gasteiger partial charge in [-0.1, -0.05) is 6.07 Å². The van der Waals surface area contributed by atoms with E-state index in [1.54, 1.807) is 13.0 Å². The van der Waals surface area contributed by atoms with Gasteiger partial charge < -0.3 is 9.47 Å². The van der Waals surface area contributed by atoms with E-state index in [1.807, 2.05) is 0 Å². The summed E-state index contributed by atoms with van der Waals surface area (Å²) in [5.41, 5.74) is 1.02. The number of esters is 2. The SMILES string of the molecule is COC(=O)c1cc(C(=O)OC)cc(S(=O)(=O)N2CCCc3cc(C)cc(F)c32)c1. The molecule has 1 aliphatic rings. The molecule has 0 saturated carbocycles. The first kappa shape index (κ1) is 20.8. The van der Waals surface area contributed by atoms with Crippen molar-refractivity contribution in [2.75, 3.05) is 25.1 Å². The molecule has 0 atom stereocenters. The number of benzene rings is 2. The summed E-state index contributed by atoms with van der Waals surface area (Å²) in [5.74, 6) is -2.26. The molecule has 0 N–H and O–H groups in total. The molecule has 0 aliphatic carbocycles. The molecule has 0 unspecified atom stereocenters. The molecular formula is C20H20FNO6S. The van der Waals surface area contributed by atoms with Crippen LogP contribution in [0.4, 0.5) is 10.1 Å². The highest BCUT2D eigenvalue weighted by molar-refractivity contribution is 7.92. The molecule has 1 heterocycles. The highest BCUT2D eigenvalue weighted by Crippen LogP contribution is 2.35. The maximum atomic E-state index is 14.7. The molecule has 0 saturated heterocycles. The monoisotopic (exact) mass is 421 g/mol. The molecular weight excluding hydrogens is 401 g/mol. The minimum Gasteiger partial charge on any atom is -0.465 e. The second-order valence-electron chi connectivity index (χ2n) is 6.66. The second-order valence-corrected chi connectivity index (χ2v) is 8.53. The number of ether oxygens (including phenoxy) is 2. The van der Waals surface area contributed by atoms with Crippen LogP contribution in [-0.2, 0) is 25.9 Å². The smallest absolute Gasteiger partial charge is 0.337 e. The zero-order valence-corrected chi connectivity index (χ0v) is 17.0.